The van der Waals surface area contributed by atoms with Crippen molar-refractivity contribution in [1.29, 1.82) is 0 Å². The highest BCUT2D eigenvalue weighted by Gasteiger charge is 2.70. The van der Waals surface area contributed by atoms with E-state index in [1.54, 1.807) is 36.4 Å². The van der Waals surface area contributed by atoms with Crippen molar-refractivity contribution in [2.75, 3.05) is 12.0 Å². The normalized spacial score (nSPS) is 26.0. The molecule has 34 heavy (non-hydrogen) atoms. The molecule has 2 aliphatic heterocycles. The Labute approximate surface area is 194 Å². The molecule has 8 heteroatoms. The third-order valence-electron chi connectivity index (χ3n) is 6.62. The number of hydrogen-bond acceptors (Lipinski definition) is 5. The number of nitrogens with one attached hydrogen (secondary N) is 1. The second-order valence-corrected chi connectivity index (χ2v) is 8.30. The highest BCUT2D eigenvalue weighted by Crippen LogP contribution is 2.54. The first kappa shape index (κ1) is 21.9. The van der Waals surface area contributed by atoms with Gasteiger partial charge >= 0.3 is 5.97 Å². The molecule has 0 spiro atoms. The van der Waals surface area contributed by atoms with Gasteiger partial charge in [0.1, 0.15) is 11.6 Å². The summed E-state index contributed by atoms with van der Waals surface area (Å²) >= 11 is 0. The van der Waals surface area contributed by atoms with Gasteiger partial charge in [0, 0.05) is 11.6 Å². The van der Waals surface area contributed by atoms with Crippen LogP contribution < -0.4 is 10.2 Å². The zero-order chi connectivity index (χ0) is 24.0. The van der Waals surface area contributed by atoms with Gasteiger partial charge in [-0.1, -0.05) is 48.5 Å². The predicted molar refractivity (Wildman–Crippen MR) is 118 cm³/mol. The molecule has 2 amide bonds. The Kier molecular flexibility index (Phi) is 5.25. The minimum Gasteiger partial charge on any atom is -0.467 e. The molecule has 0 radical (unpaired) electrons. The maximum atomic E-state index is 14.9. The van der Waals surface area contributed by atoms with E-state index in [9.17, 15) is 23.2 Å². The first-order valence-corrected chi connectivity index (χ1v) is 10.7. The minimum atomic E-state index is -1.74. The number of carbonyl (C=O) groups is 3. The Hall–Kier alpha value is -3.91. The number of rotatable bonds is 4. The Morgan fingerprint density at radius 1 is 0.912 bits per heavy atom. The molecule has 2 aliphatic rings. The van der Waals surface area contributed by atoms with Crippen LogP contribution in [0.25, 0.3) is 0 Å². The van der Waals surface area contributed by atoms with Crippen LogP contribution in [0.2, 0.25) is 0 Å². The third kappa shape index (κ3) is 3.06. The number of carbonyl (C=O) groups excluding carboxylic acids is 3. The van der Waals surface area contributed by atoms with E-state index in [0.717, 1.165) is 17.0 Å². The number of ether oxygens (including phenoxy) is 1. The van der Waals surface area contributed by atoms with Gasteiger partial charge in [0.25, 0.3) is 0 Å². The summed E-state index contributed by atoms with van der Waals surface area (Å²) in [4.78, 5) is 41.8. The second-order valence-electron chi connectivity index (χ2n) is 8.30. The first-order chi connectivity index (χ1) is 16.4. The Morgan fingerprint density at radius 3 is 2.21 bits per heavy atom. The fraction of sp³-hybridized carbons (Fsp3) is 0.192. The zero-order valence-electron chi connectivity index (χ0n) is 18.1. The number of benzene rings is 3. The average molecular weight is 462 g/mol. The molecule has 4 atom stereocenters. The van der Waals surface area contributed by atoms with Gasteiger partial charge in [-0.15, -0.1) is 0 Å². The highest BCUT2D eigenvalue weighted by molar-refractivity contribution is 6.24. The lowest BCUT2D eigenvalue weighted by Crippen LogP contribution is -2.53. The van der Waals surface area contributed by atoms with Gasteiger partial charge in [0.15, 0.2) is 5.54 Å². The Balaban J connectivity index is 1.74. The van der Waals surface area contributed by atoms with Crippen LogP contribution in [0, 0.1) is 23.5 Å². The molecule has 0 saturated carbocycles. The van der Waals surface area contributed by atoms with Crippen molar-refractivity contribution in [3.8, 4) is 0 Å². The SMILES string of the molecule is COC(=O)[C@@]1(c2ccccc2)N[C@@H](c2ccccc2F)[C@H]2C(=O)N(c3ccc(F)cc3)C(=O)[C@H]21. The van der Waals surface area contributed by atoms with E-state index in [1.165, 1.54) is 37.4 Å². The second kappa shape index (κ2) is 8.14. The van der Waals surface area contributed by atoms with Gasteiger partial charge < -0.3 is 4.74 Å². The molecule has 6 nitrogen and oxygen atoms in total. The molecule has 3 aromatic rings. The molecule has 172 valence electrons. The standard InChI is InChI=1S/C26H20F2N2O4/c1-34-25(33)26(15-7-3-2-4-8-15)21-20(22(29-26)18-9-5-6-10-19(18)28)23(31)30(24(21)32)17-13-11-16(27)12-14-17/h2-14,20-22,29H,1H3/t20-,21-,22-,26-/m0/s1. The zero-order valence-corrected chi connectivity index (χ0v) is 18.1. The largest absolute Gasteiger partial charge is 0.467 e. The summed E-state index contributed by atoms with van der Waals surface area (Å²) in [7, 11) is 1.19. The summed E-state index contributed by atoms with van der Waals surface area (Å²) in [6.45, 7) is 0. The summed E-state index contributed by atoms with van der Waals surface area (Å²) in [6.07, 6.45) is 0. The van der Waals surface area contributed by atoms with Crippen molar-refractivity contribution >= 4 is 23.5 Å². The summed E-state index contributed by atoms with van der Waals surface area (Å²) in [5, 5.41) is 3.13. The number of anilines is 1. The highest BCUT2D eigenvalue weighted by atomic mass is 19.1. The molecule has 5 rings (SSSR count). The fourth-order valence-corrected chi connectivity index (χ4v) is 5.18. The number of imide groups is 1. The van der Waals surface area contributed by atoms with Crippen LogP contribution in [0.3, 0.4) is 0 Å². The van der Waals surface area contributed by atoms with E-state index in [1.807, 2.05) is 0 Å². The maximum absolute atomic E-state index is 14.9. The number of hydrogen-bond donors (Lipinski definition) is 1. The van der Waals surface area contributed by atoms with E-state index in [4.69, 9.17) is 4.74 Å². The summed E-state index contributed by atoms with van der Waals surface area (Å²) in [5.74, 6) is -5.45. The number of esters is 1. The lowest BCUT2D eigenvalue weighted by atomic mass is 9.75. The third-order valence-corrected chi connectivity index (χ3v) is 6.62. The van der Waals surface area contributed by atoms with Crippen molar-refractivity contribution in [2.24, 2.45) is 11.8 Å². The van der Waals surface area contributed by atoms with Gasteiger partial charge in [0.05, 0.1) is 24.6 Å². The van der Waals surface area contributed by atoms with Crippen LogP contribution in [0.15, 0.2) is 78.9 Å². The lowest BCUT2D eigenvalue weighted by molar-refractivity contribution is -0.152. The predicted octanol–water partition coefficient (Wildman–Crippen LogP) is 3.48. The molecule has 2 heterocycles. The quantitative estimate of drug-likeness (QED) is 0.475. The summed E-state index contributed by atoms with van der Waals surface area (Å²) < 4.78 is 33.6. The van der Waals surface area contributed by atoms with E-state index in [2.05, 4.69) is 5.32 Å². The average Bonchev–Trinajstić information content (AvgIpc) is 3.34. The smallest absolute Gasteiger partial charge is 0.331 e. The first-order valence-electron chi connectivity index (χ1n) is 10.7. The molecule has 2 fully saturated rings. The van der Waals surface area contributed by atoms with Crippen molar-refractivity contribution in [3.63, 3.8) is 0 Å². The van der Waals surface area contributed by atoms with Crippen LogP contribution >= 0.6 is 0 Å². The van der Waals surface area contributed by atoms with Gasteiger partial charge in [-0.25, -0.2) is 18.5 Å². The van der Waals surface area contributed by atoms with Crippen LogP contribution in [0.5, 0.6) is 0 Å². The van der Waals surface area contributed by atoms with Crippen molar-refractivity contribution in [3.05, 3.63) is 102 Å². The van der Waals surface area contributed by atoms with E-state index in [-0.39, 0.29) is 11.3 Å². The van der Waals surface area contributed by atoms with Crippen LogP contribution in [-0.2, 0) is 24.7 Å². The van der Waals surface area contributed by atoms with Crippen LogP contribution in [0.4, 0.5) is 14.5 Å². The van der Waals surface area contributed by atoms with Crippen LogP contribution in [0.1, 0.15) is 17.2 Å². The molecule has 0 aromatic heterocycles. The van der Waals surface area contributed by atoms with Gasteiger partial charge in [-0.3, -0.25) is 14.9 Å². The lowest BCUT2D eigenvalue weighted by Gasteiger charge is -2.33. The number of fused-ring (bicyclic) bond motifs is 1. The Morgan fingerprint density at radius 2 is 1.56 bits per heavy atom. The molecule has 0 unspecified atom stereocenters. The van der Waals surface area contributed by atoms with Crippen molar-refractivity contribution < 1.29 is 27.9 Å². The Bertz CT molecular complexity index is 1280. The molecule has 1 N–H and O–H groups in total. The number of nitrogens with zero attached hydrogens (tertiary/aromatic N) is 1. The monoisotopic (exact) mass is 462 g/mol. The molecule has 0 aliphatic carbocycles. The summed E-state index contributed by atoms with van der Waals surface area (Å²) in [6, 6.07) is 18.3. The molecule has 0 bridgehead atoms. The number of halogens is 2. The number of methoxy groups -OCH3 is 1. The maximum Gasteiger partial charge on any atom is 0.331 e. The molecular weight excluding hydrogens is 442 g/mol. The van der Waals surface area contributed by atoms with Gasteiger partial charge in [0.2, 0.25) is 11.8 Å². The molecular formula is C26H20F2N2O4. The van der Waals surface area contributed by atoms with Gasteiger partial charge in [-0.05, 0) is 35.9 Å². The van der Waals surface area contributed by atoms with Crippen LogP contribution in [-0.4, -0.2) is 24.9 Å². The van der Waals surface area contributed by atoms with Gasteiger partial charge in [-0.2, -0.15) is 0 Å². The van der Waals surface area contributed by atoms with E-state index in [0.29, 0.717) is 5.56 Å². The molecule has 2 saturated heterocycles. The topological polar surface area (TPSA) is 75.7 Å². The number of amides is 2. The summed E-state index contributed by atoms with van der Waals surface area (Å²) in [5.41, 5.74) is -1.00. The van der Waals surface area contributed by atoms with Crippen molar-refractivity contribution in [1.82, 2.24) is 5.32 Å². The minimum absolute atomic E-state index is 0.154. The molecule has 3 aromatic carbocycles. The van der Waals surface area contributed by atoms with E-state index >= 15 is 0 Å². The van der Waals surface area contributed by atoms with E-state index < -0.39 is 52.8 Å². The van der Waals surface area contributed by atoms with Crippen molar-refractivity contribution in [2.45, 2.75) is 11.6 Å². The fourth-order valence-electron chi connectivity index (χ4n) is 5.18.